The van der Waals surface area contributed by atoms with Gasteiger partial charge in [0.1, 0.15) is 5.75 Å². The summed E-state index contributed by atoms with van der Waals surface area (Å²) in [5.74, 6) is 0.807. The molecule has 0 aliphatic carbocycles. The smallest absolute Gasteiger partial charge is 0.266 e. The zero-order valence-electron chi connectivity index (χ0n) is 13.5. The Labute approximate surface area is 136 Å². The third-order valence-corrected chi connectivity index (χ3v) is 4.11. The summed E-state index contributed by atoms with van der Waals surface area (Å²) >= 11 is 1.43. The molecule has 1 aromatic carbocycles. The van der Waals surface area contributed by atoms with Crippen LogP contribution in [0, 0.1) is 0 Å². The zero-order chi connectivity index (χ0) is 16.1. The monoisotopic (exact) mass is 318 g/mol. The van der Waals surface area contributed by atoms with Crippen molar-refractivity contribution < 1.29 is 9.53 Å². The maximum absolute atomic E-state index is 12.5. The SMILES string of the molecule is CCN=C1S/C(=C\c2ccccc2OC(C)C)C(=O)N1CC. The number of nitrogens with zero attached hydrogens (tertiary/aromatic N) is 2. The van der Waals surface area contributed by atoms with E-state index in [9.17, 15) is 4.79 Å². The Hall–Kier alpha value is -1.75. The highest BCUT2D eigenvalue weighted by Gasteiger charge is 2.31. The molecule has 4 nitrogen and oxygen atoms in total. The molecule has 1 aliphatic rings. The summed E-state index contributed by atoms with van der Waals surface area (Å²) in [7, 11) is 0. The number of amides is 1. The third-order valence-electron chi connectivity index (χ3n) is 3.07. The quantitative estimate of drug-likeness (QED) is 0.776. The van der Waals surface area contributed by atoms with E-state index in [2.05, 4.69) is 4.99 Å². The lowest BCUT2D eigenvalue weighted by molar-refractivity contribution is -0.122. The Morgan fingerprint density at radius 2 is 2.05 bits per heavy atom. The van der Waals surface area contributed by atoms with Gasteiger partial charge in [0, 0.05) is 18.7 Å². The van der Waals surface area contributed by atoms with Crippen LogP contribution in [0.15, 0.2) is 34.2 Å². The molecule has 22 heavy (non-hydrogen) atoms. The minimum absolute atomic E-state index is 0.0130. The molecule has 0 radical (unpaired) electrons. The molecule has 0 saturated carbocycles. The van der Waals surface area contributed by atoms with Gasteiger partial charge in [-0.2, -0.15) is 0 Å². The van der Waals surface area contributed by atoms with Crippen LogP contribution >= 0.6 is 11.8 Å². The van der Waals surface area contributed by atoms with Crippen molar-refractivity contribution in [3.8, 4) is 5.75 Å². The van der Waals surface area contributed by atoms with E-state index in [1.54, 1.807) is 4.90 Å². The van der Waals surface area contributed by atoms with Gasteiger partial charge < -0.3 is 4.74 Å². The zero-order valence-corrected chi connectivity index (χ0v) is 14.3. The van der Waals surface area contributed by atoms with Crippen molar-refractivity contribution in [3.05, 3.63) is 34.7 Å². The van der Waals surface area contributed by atoms with Crippen LogP contribution < -0.4 is 4.74 Å². The number of thioether (sulfide) groups is 1. The predicted molar refractivity (Wildman–Crippen MR) is 93.1 cm³/mol. The minimum Gasteiger partial charge on any atom is -0.490 e. The normalized spacial score (nSPS) is 18.8. The number of benzene rings is 1. The number of para-hydroxylation sites is 1. The van der Waals surface area contributed by atoms with Crippen molar-refractivity contribution >= 4 is 28.9 Å². The molecule has 0 spiro atoms. The van der Waals surface area contributed by atoms with Gasteiger partial charge >= 0.3 is 0 Å². The number of amidine groups is 1. The lowest BCUT2D eigenvalue weighted by Gasteiger charge is -2.12. The molecule has 0 aromatic heterocycles. The Balaban J connectivity index is 2.34. The van der Waals surface area contributed by atoms with E-state index in [-0.39, 0.29) is 12.0 Å². The molecule has 1 amide bonds. The standard InChI is InChI=1S/C17H22N2O2S/c1-5-18-17-19(6-2)16(20)15(22-17)11-13-9-7-8-10-14(13)21-12(3)4/h7-12H,5-6H2,1-4H3/b15-11-,18-17?. The van der Waals surface area contributed by atoms with Crippen molar-refractivity contribution in [1.82, 2.24) is 4.90 Å². The van der Waals surface area contributed by atoms with E-state index >= 15 is 0 Å². The number of carbonyl (C=O) groups excluding carboxylic acids is 1. The molecular weight excluding hydrogens is 296 g/mol. The highest BCUT2D eigenvalue weighted by molar-refractivity contribution is 8.18. The molecular formula is C17H22N2O2S. The summed E-state index contributed by atoms with van der Waals surface area (Å²) in [6, 6.07) is 7.77. The van der Waals surface area contributed by atoms with Crippen molar-refractivity contribution in [2.45, 2.75) is 33.8 Å². The second-order valence-electron chi connectivity index (χ2n) is 5.12. The van der Waals surface area contributed by atoms with E-state index in [4.69, 9.17) is 4.74 Å². The fraction of sp³-hybridized carbons (Fsp3) is 0.412. The maximum atomic E-state index is 12.5. The van der Waals surface area contributed by atoms with E-state index in [0.717, 1.165) is 16.5 Å². The van der Waals surface area contributed by atoms with Crippen LogP contribution in [0.3, 0.4) is 0 Å². The Bertz CT molecular complexity index is 608. The van der Waals surface area contributed by atoms with Gasteiger partial charge in [-0.05, 0) is 51.6 Å². The van der Waals surface area contributed by atoms with Crippen LogP contribution in [0.1, 0.15) is 33.3 Å². The number of carbonyl (C=O) groups is 1. The molecule has 1 saturated heterocycles. The van der Waals surface area contributed by atoms with Crippen molar-refractivity contribution in [3.63, 3.8) is 0 Å². The van der Waals surface area contributed by atoms with Crippen molar-refractivity contribution in [2.75, 3.05) is 13.1 Å². The summed E-state index contributed by atoms with van der Waals surface area (Å²) in [4.78, 5) is 19.3. The van der Waals surface area contributed by atoms with Crippen LogP contribution in [-0.4, -0.2) is 35.2 Å². The summed E-state index contributed by atoms with van der Waals surface area (Å²) < 4.78 is 5.81. The highest BCUT2D eigenvalue weighted by atomic mass is 32.2. The van der Waals surface area contributed by atoms with Gasteiger partial charge in [0.15, 0.2) is 5.17 Å². The summed E-state index contributed by atoms with van der Waals surface area (Å²) in [5, 5.41) is 0.781. The number of rotatable bonds is 5. The molecule has 0 unspecified atom stereocenters. The molecule has 118 valence electrons. The van der Waals surface area contributed by atoms with Gasteiger partial charge in [-0.1, -0.05) is 18.2 Å². The lowest BCUT2D eigenvalue weighted by Crippen LogP contribution is -2.28. The summed E-state index contributed by atoms with van der Waals surface area (Å²) in [5.41, 5.74) is 0.917. The van der Waals surface area contributed by atoms with Gasteiger partial charge in [-0.3, -0.25) is 14.7 Å². The third kappa shape index (κ3) is 3.71. The molecule has 1 aliphatic heterocycles. The predicted octanol–water partition coefficient (Wildman–Crippen LogP) is 3.79. The largest absolute Gasteiger partial charge is 0.490 e. The Morgan fingerprint density at radius 3 is 2.68 bits per heavy atom. The van der Waals surface area contributed by atoms with Gasteiger partial charge in [0.25, 0.3) is 5.91 Å². The average Bonchev–Trinajstić information content (AvgIpc) is 2.76. The fourth-order valence-corrected chi connectivity index (χ4v) is 3.24. The number of aliphatic imine (C=N–C) groups is 1. The number of likely N-dealkylation sites (N-methyl/N-ethyl adjacent to an activating group) is 1. The second kappa shape index (κ2) is 7.49. The summed E-state index contributed by atoms with van der Waals surface area (Å²) in [6.07, 6.45) is 1.99. The average molecular weight is 318 g/mol. The van der Waals surface area contributed by atoms with Gasteiger partial charge in [-0.25, -0.2) is 0 Å². The molecule has 0 N–H and O–H groups in total. The first-order valence-corrected chi connectivity index (χ1v) is 8.40. The van der Waals surface area contributed by atoms with Crippen molar-refractivity contribution in [2.24, 2.45) is 4.99 Å². The van der Waals surface area contributed by atoms with Crippen LogP contribution in [-0.2, 0) is 4.79 Å². The lowest BCUT2D eigenvalue weighted by atomic mass is 10.2. The van der Waals surface area contributed by atoms with Gasteiger partial charge in [-0.15, -0.1) is 0 Å². The molecule has 2 rings (SSSR count). The molecule has 5 heteroatoms. The highest BCUT2D eigenvalue weighted by Crippen LogP contribution is 2.34. The first kappa shape index (κ1) is 16.6. The number of hydrogen-bond acceptors (Lipinski definition) is 4. The van der Waals surface area contributed by atoms with Crippen LogP contribution in [0.5, 0.6) is 5.75 Å². The first-order valence-electron chi connectivity index (χ1n) is 7.58. The van der Waals surface area contributed by atoms with E-state index in [1.807, 2.05) is 58.0 Å². The minimum atomic E-state index is 0.0130. The Morgan fingerprint density at radius 1 is 1.32 bits per heavy atom. The number of hydrogen-bond donors (Lipinski definition) is 0. The second-order valence-corrected chi connectivity index (χ2v) is 6.13. The summed E-state index contributed by atoms with van der Waals surface area (Å²) in [6.45, 7) is 9.22. The topological polar surface area (TPSA) is 41.9 Å². The van der Waals surface area contributed by atoms with E-state index < -0.39 is 0 Å². The van der Waals surface area contributed by atoms with E-state index in [0.29, 0.717) is 18.0 Å². The van der Waals surface area contributed by atoms with Gasteiger partial charge in [0.05, 0.1) is 11.0 Å². The maximum Gasteiger partial charge on any atom is 0.266 e. The molecule has 0 atom stereocenters. The molecule has 1 heterocycles. The first-order chi connectivity index (χ1) is 10.6. The van der Waals surface area contributed by atoms with Crippen LogP contribution in [0.2, 0.25) is 0 Å². The molecule has 1 fully saturated rings. The molecule has 0 bridgehead atoms. The van der Waals surface area contributed by atoms with Crippen molar-refractivity contribution in [1.29, 1.82) is 0 Å². The number of ether oxygens (including phenoxy) is 1. The molecule has 1 aromatic rings. The van der Waals surface area contributed by atoms with Gasteiger partial charge in [0.2, 0.25) is 0 Å². The Kier molecular flexibility index (Phi) is 5.66. The van der Waals surface area contributed by atoms with E-state index in [1.165, 1.54) is 11.8 Å². The fourth-order valence-electron chi connectivity index (χ4n) is 2.14. The van der Waals surface area contributed by atoms with Crippen LogP contribution in [0.4, 0.5) is 0 Å². The van der Waals surface area contributed by atoms with Crippen LogP contribution in [0.25, 0.3) is 6.08 Å².